The number of carbonyl (C=O) groups is 2. The van der Waals surface area contributed by atoms with Gasteiger partial charge in [0.15, 0.2) is 5.13 Å². The van der Waals surface area contributed by atoms with Gasteiger partial charge in [0.1, 0.15) is 0 Å². The molecule has 166 valence electrons. The maximum absolute atomic E-state index is 12.3. The number of rotatable bonds is 8. The zero-order valence-electron chi connectivity index (χ0n) is 17.6. The molecule has 1 aliphatic heterocycles. The third-order valence-electron chi connectivity index (χ3n) is 5.28. The number of halogens is 1. The van der Waals surface area contributed by atoms with Crippen LogP contribution in [0, 0.1) is 0 Å². The number of hydrogen-bond acceptors (Lipinski definition) is 5. The molecule has 0 aliphatic carbocycles. The van der Waals surface area contributed by atoms with Crippen LogP contribution in [-0.4, -0.2) is 34.8 Å². The smallest absolute Gasteiger partial charge is 0.251 e. The second-order valence-corrected chi connectivity index (χ2v) is 9.27. The molecule has 0 fully saturated rings. The van der Waals surface area contributed by atoms with Crippen molar-refractivity contribution in [2.75, 3.05) is 18.4 Å². The molecular formula is C24H25ClN4O2S. The summed E-state index contributed by atoms with van der Waals surface area (Å²) >= 11 is 7.39. The van der Waals surface area contributed by atoms with E-state index in [1.807, 2.05) is 6.07 Å². The Labute approximate surface area is 196 Å². The third kappa shape index (κ3) is 6.16. The fraction of sp³-hybridized carbons (Fsp3) is 0.292. The van der Waals surface area contributed by atoms with E-state index in [9.17, 15) is 9.59 Å². The first kappa shape index (κ1) is 22.5. The fourth-order valence-electron chi connectivity index (χ4n) is 3.61. The summed E-state index contributed by atoms with van der Waals surface area (Å²) in [5, 5.41) is 6.98. The highest BCUT2D eigenvalue weighted by Gasteiger charge is 2.21. The van der Waals surface area contributed by atoms with Crippen LogP contribution in [0.25, 0.3) is 0 Å². The molecule has 2 heterocycles. The average molecular weight is 469 g/mol. The summed E-state index contributed by atoms with van der Waals surface area (Å²) in [6, 6.07) is 17.2. The summed E-state index contributed by atoms with van der Waals surface area (Å²) in [4.78, 5) is 32.6. The predicted molar refractivity (Wildman–Crippen MR) is 128 cm³/mol. The number of anilines is 1. The number of thiazole rings is 1. The van der Waals surface area contributed by atoms with Crippen molar-refractivity contribution in [1.82, 2.24) is 15.2 Å². The van der Waals surface area contributed by atoms with Crippen LogP contribution in [0.3, 0.4) is 0 Å². The van der Waals surface area contributed by atoms with E-state index >= 15 is 0 Å². The minimum atomic E-state index is -0.172. The molecule has 0 radical (unpaired) electrons. The van der Waals surface area contributed by atoms with Gasteiger partial charge in [0.25, 0.3) is 5.91 Å². The molecule has 0 unspecified atom stereocenters. The Morgan fingerprint density at radius 3 is 2.66 bits per heavy atom. The highest BCUT2D eigenvalue weighted by molar-refractivity contribution is 7.15. The van der Waals surface area contributed by atoms with Crippen molar-refractivity contribution in [3.63, 3.8) is 0 Å². The van der Waals surface area contributed by atoms with Gasteiger partial charge in [0.05, 0.1) is 5.69 Å². The minimum Gasteiger partial charge on any atom is -0.352 e. The molecule has 32 heavy (non-hydrogen) atoms. The van der Waals surface area contributed by atoms with Crippen LogP contribution < -0.4 is 10.6 Å². The van der Waals surface area contributed by atoms with Crippen LogP contribution in [0.5, 0.6) is 0 Å². The normalized spacial score (nSPS) is 13.4. The van der Waals surface area contributed by atoms with Crippen molar-refractivity contribution in [3.05, 3.63) is 81.3 Å². The van der Waals surface area contributed by atoms with Gasteiger partial charge in [-0.25, -0.2) is 4.98 Å². The maximum Gasteiger partial charge on any atom is 0.251 e. The van der Waals surface area contributed by atoms with Gasteiger partial charge >= 0.3 is 0 Å². The maximum atomic E-state index is 12.3. The van der Waals surface area contributed by atoms with Gasteiger partial charge in [-0.2, -0.15) is 0 Å². The molecule has 6 nitrogen and oxygen atoms in total. The molecular weight excluding hydrogens is 444 g/mol. The van der Waals surface area contributed by atoms with E-state index in [1.54, 1.807) is 35.6 Å². The van der Waals surface area contributed by atoms with Crippen molar-refractivity contribution in [2.24, 2.45) is 0 Å². The largest absolute Gasteiger partial charge is 0.352 e. The van der Waals surface area contributed by atoms with Crippen LogP contribution in [0.4, 0.5) is 5.13 Å². The number of nitrogens with zero attached hydrogens (tertiary/aromatic N) is 2. The number of amides is 2. The number of hydrogen-bond donors (Lipinski definition) is 2. The first-order valence-corrected chi connectivity index (χ1v) is 11.8. The molecule has 2 amide bonds. The first-order valence-electron chi connectivity index (χ1n) is 10.7. The van der Waals surface area contributed by atoms with E-state index in [0.29, 0.717) is 35.1 Å². The topological polar surface area (TPSA) is 74.3 Å². The summed E-state index contributed by atoms with van der Waals surface area (Å²) in [6.07, 6.45) is 1.78. The molecule has 1 aliphatic rings. The SMILES string of the molecule is O=C(CCCNC(=O)c1ccc(Cl)cc1)Nc1nc2c(s1)CN(Cc1ccccc1)CC2. The summed E-state index contributed by atoms with van der Waals surface area (Å²) in [5.41, 5.74) is 2.94. The van der Waals surface area contributed by atoms with Gasteiger partial charge in [0, 0.05) is 54.5 Å². The molecule has 0 spiro atoms. The summed E-state index contributed by atoms with van der Waals surface area (Å²) in [5.74, 6) is -0.257. The molecule has 0 atom stereocenters. The van der Waals surface area contributed by atoms with E-state index in [1.165, 1.54) is 10.4 Å². The summed E-state index contributed by atoms with van der Waals surface area (Å²) in [6.45, 7) is 3.17. The summed E-state index contributed by atoms with van der Waals surface area (Å²) in [7, 11) is 0. The number of nitrogens with one attached hydrogen (secondary N) is 2. The molecule has 2 aromatic carbocycles. The number of benzene rings is 2. The Morgan fingerprint density at radius 1 is 1.09 bits per heavy atom. The minimum absolute atomic E-state index is 0.0852. The van der Waals surface area contributed by atoms with Gasteiger partial charge in [-0.1, -0.05) is 41.9 Å². The van der Waals surface area contributed by atoms with E-state index in [0.717, 1.165) is 31.7 Å². The Morgan fingerprint density at radius 2 is 1.88 bits per heavy atom. The van der Waals surface area contributed by atoms with Crippen LogP contribution in [0.1, 0.15) is 39.3 Å². The molecule has 1 aromatic heterocycles. The molecule has 8 heteroatoms. The van der Waals surface area contributed by atoms with Gasteiger partial charge < -0.3 is 10.6 Å². The van der Waals surface area contributed by atoms with Crippen LogP contribution >= 0.6 is 22.9 Å². The Hall–Kier alpha value is -2.74. The Kier molecular flexibility index (Phi) is 7.52. The lowest BCUT2D eigenvalue weighted by Gasteiger charge is -2.25. The fourth-order valence-corrected chi connectivity index (χ4v) is 4.81. The standard InChI is InChI=1S/C24H25ClN4O2S/c25-19-10-8-18(9-11-19)23(31)26-13-4-7-22(30)28-24-27-20-12-14-29(16-21(20)32-24)15-17-5-2-1-3-6-17/h1-3,5-6,8-11H,4,7,12-16H2,(H,26,31)(H,27,28,30). The molecule has 0 saturated heterocycles. The lowest BCUT2D eigenvalue weighted by atomic mass is 10.1. The van der Waals surface area contributed by atoms with Gasteiger partial charge in [0.2, 0.25) is 5.91 Å². The van der Waals surface area contributed by atoms with Crippen molar-refractivity contribution in [1.29, 1.82) is 0 Å². The molecule has 3 aromatic rings. The van der Waals surface area contributed by atoms with Crippen LogP contribution in [0.15, 0.2) is 54.6 Å². The van der Waals surface area contributed by atoms with Gasteiger partial charge in [-0.15, -0.1) is 11.3 Å². The number of aromatic nitrogens is 1. The van der Waals surface area contributed by atoms with Crippen molar-refractivity contribution >= 4 is 39.9 Å². The monoisotopic (exact) mass is 468 g/mol. The van der Waals surface area contributed by atoms with E-state index in [4.69, 9.17) is 11.6 Å². The molecule has 0 saturated carbocycles. The van der Waals surface area contributed by atoms with Crippen LogP contribution in [0.2, 0.25) is 5.02 Å². The molecule has 2 N–H and O–H groups in total. The lowest BCUT2D eigenvalue weighted by molar-refractivity contribution is -0.116. The predicted octanol–water partition coefficient (Wildman–Crippen LogP) is 4.50. The van der Waals surface area contributed by atoms with Crippen molar-refractivity contribution in [3.8, 4) is 0 Å². The first-order chi connectivity index (χ1) is 15.6. The number of fused-ring (bicyclic) bond motifs is 1. The van der Waals surface area contributed by atoms with E-state index in [-0.39, 0.29) is 11.8 Å². The highest BCUT2D eigenvalue weighted by atomic mass is 35.5. The average Bonchev–Trinajstić information content (AvgIpc) is 3.19. The van der Waals surface area contributed by atoms with Crippen molar-refractivity contribution in [2.45, 2.75) is 32.4 Å². The third-order valence-corrected chi connectivity index (χ3v) is 6.53. The molecule has 4 rings (SSSR count). The van der Waals surface area contributed by atoms with E-state index < -0.39 is 0 Å². The zero-order chi connectivity index (χ0) is 22.3. The van der Waals surface area contributed by atoms with Crippen molar-refractivity contribution < 1.29 is 9.59 Å². The van der Waals surface area contributed by atoms with Crippen LogP contribution in [-0.2, 0) is 24.3 Å². The van der Waals surface area contributed by atoms with E-state index in [2.05, 4.69) is 44.8 Å². The Balaban J connectivity index is 1.20. The van der Waals surface area contributed by atoms with Gasteiger partial charge in [-0.05, 0) is 36.2 Å². The second kappa shape index (κ2) is 10.7. The summed E-state index contributed by atoms with van der Waals surface area (Å²) < 4.78 is 0. The second-order valence-electron chi connectivity index (χ2n) is 7.75. The highest BCUT2D eigenvalue weighted by Crippen LogP contribution is 2.29. The quantitative estimate of drug-likeness (QED) is 0.477. The molecule has 0 bridgehead atoms. The number of carbonyl (C=O) groups excluding carboxylic acids is 2. The zero-order valence-corrected chi connectivity index (χ0v) is 19.2. The Bertz CT molecular complexity index is 1070. The lowest BCUT2D eigenvalue weighted by Crippen LogP contribution is -2.29. The van der Waals surface area contributed by atoms with Gasteiger partial charge in [-0.3, -0.25) is 14.5 Å².